The Morgan fingerprint density at radius 1 is 1.15 bits per heavy atom. The number of nitrogens with zero attached hydrogens (tertiary/aromatic N) is 4. The molecule has 2 aromatic carbocycles. The number of hydrogen-bond donors (Lipinski definition) is 0. The second-order valence-corrected chi connectivity index (χ2v) is 6.74. The zero-order valence-electron chi connectivity index (χ0n) is 14.8. The van der Waals surface area contributed by atoms with Crippen molar-refractivity contribution < 1.29 is 4.79 Å². The Bertz CT molecular complexity index is 876. The van der Waals surface area contributed by atoms with Gasteiger partial charge in [-0.15, -0.1) is 0 Å². The number of rotatable bonds is 4. The maximum absolute atomic E-state index is 13.2. The van der Waals surface area contributed by atoms with E-state index in [1.807, 2.05) is 30.0 Å². The van der Waals surface area contributed by atoms with Crippen LogP contribution in [-0.4, -0.2) is 32.1 Å². The third-order valence-electron chi connectivity index (χ3n) is 5.16. The van der Waals surface area contributed by atoms with Crippen molar-refractivity contribution in [2.75, 3.05) is 6.54 Å². The molecule has 3 aromatic rings. The molecule has 1 aliphatic rings. The van der Waals surface area contributed by atoms with Gasteiger partial charge in [-0.2, -0.15) is 5.10 Å². The van der Waals surface area contributed by atoms with E-state index in [1.165, 1.54) is 23.0 Å². The molecule has 1 aliphatic heterocycles. The van der Waals surface area contributed by atoms with Crippen LogP contribution in [0, 0.1) is 0 Å². The predicted octanol–water partition coefficient (Wildman–Crippen LogP) is 3.21. The van der Waals surface area contributed by atoms with Crippen LogP contribution < -0.4 is 0 Å². The van der Waals surface area contributed by atoms with Crippen LogP contribution in [0.3, 0.4) is 0 Å². The molecular weight excluding hydrogens is 324 g/mol. The monoisotopic (exact) mass is 346 g/mol. The molecule has 2 atom stereocenters. The van der Waals surface area contributed by atoms with E-state index < -0.39 is 0 Å². The van der Waals surface area contributed by atoms with Crippen molar-refractivity contribution in [3.05, 3.63) is 83.9 Å². The lowest BCUT2D eigenvalue weighted by molar-refractivity contribution is -0.137. The van der Waals surface area contributed by atoms with Crippen LogP contribution >= 0.6 is 0 Å². The van der Waals surface area contributed by atoms with Gasteiger partial charge in [0.25, 0.3) is 0 Å². The summed E-state index contributed by atoms with van der Waals surface area (Å²) in [5.74, 6) is 0.0888. The quantitative estimate of drug-likeness (QED) is 0.729. The molecule has 0 bridgehead atoms. The molecule has 1 aromatic heterocycles. The topological polar surface area (TPSA) is 51.0 Å². The molecule has 26 heavy (non-hydrogen) atoms. The summed E-state index contributed by atoms with van der Waals surface area (Å²) in [6.07, 6.45) is 4.77. The van der Waals surface area contributed by atoms with E-state index in [9.17, 15) is 4.79 Å². The van der Waals surface area contributed by atoms with Crippen LogP contribution in [0.25, 0.3) is 0 Å². The summed E-state index contributed by atoms with van der Waals surface area (Å²) in [5.41, 5.74) is 3.83. The van der Waals surface area contributed by atoms with Gasteiger partial charge in [-0.05, 0) is 36.5 Å². The lowest BCUT2D eigenvalue weighted by atomic mass is 9.88. The second kappa shape index (κ2) is 7.12. The number of amides is 1. The fourth-order valence-electron chi connectivity index (χ4n) is 3.74. The van der Waals surface area contributed by atoms with Gasteiger partial charge in [0.15, 0.2) is 0 Å². The van der Waals surface area contributed by atoms with Crippen molar-refractivity contribution in [3.63, 3.8) is 0 Å². The summed E-state index contributed by atoms with van der Waals surface area (Å²) in [7, 11) is 0. The first kappa shape index (κ1) is 16.5. The molecule has 0 saturated carbocycles. The molecule has 5 nitrogen and oxygen atoms in total. The number of carbonyl (C=O) groups excluding carboxylic acids is 1. The molecular formula is C21H22N4O. The summed E-state index contributed by atoms with van der Waals surface area (Å²) in [4.78, 5) is 19.2. The van der Waals surface area contributed by atoms with Crippen LogP contribution in [0.2, 0.25) is 0 Å². The first-order valence-corrected chi connectivity index (χ1v) is 9.00. The fraction of sp³-hybridized carbons (Fsp3) is 0.286. The van der Waals surface area contributed by atoms with Crippen LogP contribution in [0.4, 0.5) is 0 Å². The van der Waals surface area contributed by atoms with Gasteiger partial charge in [-0.25, -0.2) is 9.67 Å². The molecule has 1 amide bonds. The van der Waals surface area contributed by atoms with Crippen LogP contribution in [-0.2, 0) is 17.6 Å². The zero-order chi connectivity index (χ0) is 17.9. The zero-order valence-corrected chi connectivity index (χ0v) is 14.8. The molecule has 0 aliphatic carbocycles. The minimum atomic E-state index is -0.360. The molecule has 132 valence electrons. The van der Waals surface area contributed by atoms with E-state index >= 15 is 0 Å². The predicted molar refractivity (Wildman–Crippen MR) is 99.5 cm³/mol. The molecule has 0 radical (unpaired) electrons. The number of hydrogen-bond acceptors (Lipinski definition) is 3. The van der Waals surface area contributed by atoms with E-state index in [0.717, 1.165) is 19.4 Å². The van der Waals surface area contributed by atoms with Crippen molar-refractivity contribution in [3.8, 4) is 0 Å². The summed E-state index contributed by atoms with van der Waals surface area (Å²) >= 11 is 0. The van der Waals surface area contributed by atoms with E-state index in [0.29, 0.717) is 0 Å². The highest BCUT2D eigenvalue weighted by Crippen LogP contribution is 2.33. The Morgan fingerprint density at radius 2 is 1.92 bits per heavy atom. The summed E-state index contributed by atoms with van der Waals surface area (Å²) in [5, 5.41) is 4.14. The van der Waals surface area contributed by atoms with E-state index in [1.54, 1.807) is 11.0 Å². The van der Waals surface area contributed by atoms with Crippen molar-refractivity contribution in [1.29, 1.82) is 0 Å². The van der Waals surface area contributed by atoms with Gasteiger partial charge in [0.1, 0.15) is 18.7 Å². The lowest BCUT2D eigenvalue weighted by Gasteiger charge is -2.39. The molecule has 5 heteroatoms. The van der Waals surface area contributed by atoms with Crippen LogP contribution in [0.15, 0.2) is 67.3 Å². The highest BCUT2D eigenvalue weighted by molar-refractivity contribution is 5.81. The Labute approximate surface area is 153 Å². The van der Waals surface area contributed by atoms with Gasteiger partial charge < -0.3 is 4.90 Å². The van der Waals surface area contributed by atoms with E-state index in [4.69, 9.17) is 0 Å². The second-order valence-electron chi connectivity index (χ2n) is 6.74. The number of carbonyl (C=O) groups is 1. The Balaban J connectivity index is 1.67. The van der Waals surface area contributed by atoms with Crippen LogP contribution in [0.1, 0.15) is 35.7 Å². The molecule has 4 rings (SSSR count). The normalized spacial score (nSPS) is 17.6. The lowest BCUT2D eigenvalue weighted by Crippen LogP contribution is -2.44. The summed E-state index contributed by atoms with van der Waals surface area (Å²) < 4.78 is 1.63. The van der Waals surface area contributed by atoms with Crippen molar-refractivity contribution >= 4 is 5.91 Å². The smallest absolute Gasteiger partial charge is 0.247 e. The van der Waals surface area contributed by atoms with Crippen LogP contribution in [0.5, 0.6) is 0 Å². The van der Waals surface area contributed by atoms with Gasteiger partial charge >= 0.3 is 0 Å². The van der Waals surface area contributed by atoms with Gasteiger partial charge in [-0.1, -0.05) is 54.6 Å². The largest absolute Gasteiger partial charge is 0.333 e. The standard InChI is InChI=1S/C21H22N4O/c1-16(25-15-22-14-23-25)21(26)24-12-11-18-9-5-6-10-19(18)20(24)13-17-7-3-2-4-8-17/h2-10,14-16,20H,11-13H2,1H3/t16-,20+/m1/s1. The van der Waals surface area contributed by atoms with Gasteiger partial charge in [-0.3, -0.25) is 4.79 Å². The maximum atomic E-state index is 13.2. The average molecular weight is 346 g/mol. The first-order chi connectivity index (χ1) is 12.7. The highest BCUT2D eigenvalue weighted by atomic mass is 16.2. The highest BCUT2D eigenvalue weighted by Gasteiger charge is 2.33. The van der Waals surface area contributed by atoms with Crippen molar-refractivity contribution in [2.24, 2.45) is 0 Å². The number of fused-ring (bicyclic) bond motifs is 1. The van der Waals surface area contributed by atoms with Gasteiger partial charge in [0.2, 0.25) is 5.91 Å². The minimum Gasteiger partial charge on any atom is -0.333 e. The Kier molecular flexibility index (Phi) is 4.52. The molecule has 2 heterocycles. The molecule has 0 unspecified atom stereocenters. The third-order valence-corrected chi connectivity index (χ3v) is 5.16. The van der Waals surface area contributed by atoms with Crippen molar-refractivity contribution in [1.82, 2.24) is 19.7 Å². The summed E-state index contributed by atoms with van der Waals surface area (Å²) in [6.45, 7) is 2.61. The van der Waals surface area contributed by atoms with E-state index in [-0.39, 0.29) is 18.0 Å². The minimum absolute atomic E-state index is 0.0424. The van der Waals surface area contributed by atoms with Crippen molar-refractivity contribution in [2.45, 2.75) is 31.8 Å². The molecule has 0 saturated heterocycles. The van der Waals surface area contributed by atoms with Gasteiger partial charge in [0.05, 0.1) is 6.04 Å². The van der Waals surface area contributed by atoms with E-state index in [2.05, 4.69) is 46.5 Å². The molecule has 0 N–H and O–H groups in total. The number of benzene rings is 2. The third kappa shape index (κ3) is 3.12. The maximum Gasteiger partial charge on any atom is 0.247 e. The average Bonchev–Trinajstić information content (AvgIpc) is 3.23. The fourth-order valence-corrected chi connectivity index (χ4v) is 3.74. The Hall–Kier alpha value is -2.95. The summed E-state index contributed by atoms with van der Waals surface area (Å²) in [6, 6.07) is 18.5. The Morgan fingerprint density at radius 3 is 2.69 bits per heavy atom. The number of aromatic nitrogens is 3. The molecule has 0 fully saturated rings. The molecule has 0 spiro atoms. The first-order valence-electron chi connectivity index (χ1n) is 9.00. The SMILES string of the molecule is C[C@H](C(=O)N1CCc2ccccc2[C@@H]1Cc1ccccc1)n1cncn1. The van der Waals surface area contributed by atoms with Gasteiger partial charge in [0, 0.05) is 6.54 Å².